The molecule has 1 aromatic rings. The summed E-state index contributed by atoms with van der Waals surface area (Å²) in [5, 5.41) is 5.49. The molecule has 0 aromatic heterocycles. The molecule has 1 aliphatic rings. The largest absolute Gasteiger partial charge is 0.355 e. The molecule has 0 radical (unpaired) electrons. The summed E-state index contributed by atoms with van der Waals surface area (Å²) in [7, 11) is 1.60. The Hall–Kier alpha value is -1.88. The molecule has 1 aliphatic carbocycles. The van der Waals surface area contributed by atoms with Crippen LogP contribution in [0.25, 0.3) is 0 Å². The number of nitrogens with one attached hydrogen (secondary N) is 2. The van der Waals surface area contributed by atoms with Gasteiger partial charge in [0.2, 0.25) is 5.91 Å². The first-order valence-electron chi connectivity index (χ1n) is 7.43. The van der Waals surface area contributed by atoms with Crippen LogP contribution in [0.4, 0.5) is 0 Å². The highest BCUT2D eigenvalue weighted by atomic mass is 16.2. The fourth-order valence-corrected chi connectivity index (χ4v) is 2.75. The van der Waals surface area contributed by atoms with Gasteiger partial charge in [0.1, 0.15) is 0 Å². The van der Waals surface area contributed by atoms with Crippen LogP contribution in [0, 0.1) is 5.92 Å². The molecule has 0 saturated heterocycles. The summed E-state index contributed by atoms with van der Waals surface area (Å²) in [5.74, 6) is 0.258. The molecule has 1 fully saturated rings. The zero-order valence-corrected chi connectivity index (χ0v) is 12.4. The molecular formula is C16H23N3O2. The fourth-order valence-electron chi connectivity index (χ4n) is 2.75. The molecular weight excluding hydrogens is 266 g/mol. The highest BCUT2D eigenvalue weighted by Gasteiger charge is 2.25. The van der Waals surface area contributed by atoms with Crippen LogP contribution in [0.1, 0.15) is 41.6 Å². The first-order valence-corrected chi connectivity index (χ1v) is 7.43. The molecule has 0 bridgehead atoms. The van der Waals surface area contributed by atoms with Crippen LogP contribution >= 0.6 is 0 Å². The van der Waals surface area contributed by atoms with Gasteiger partial charge in [-0.25, -0.2) is 0 Å². The number of hydrogen-bond acceptors (Lipinski definition) is 3. The van der Waals surface area contributed by atoms with Crippen molar-refractivity contribution in [3.63, 3.8) is 0 Å². The zero-order valence-electron chi connectivity index (χ0n) is 12.4. The normalized spacial score (nSPS) is 21.0. The van der Waals surface area contributed by atoms with E-state index in [2.05, 4.69) is 10.6 Å². The average molecular weight is 289 g/mol. The van der Waals surface area contributed by atoms with E-state index in [1.54, 1.807) is 19.2 Å². The zero-order chi connectivity index (χ0) is 15.2. The van der Waals surface area contributed by atoms with Gasteiger partial charge in [0.05, 0.1) is 0 Å². The Morgan fingerprint density at radius 1 is 1.24 bits per heavy atom. The molecule has 4 N–H and O–H groups in total. The summed E-state index contributed by atoms with van der Waals surface area (Å²) in [6, 6.07) is 7.39. The first kappa shape index (κ1) is 15.5. The Bertz CT molecular complexity index is 499. The lowest BCUT2D eigenvalue weighted by atomic mass is 10.00. The number of carbonyl (C=O) groups excluding carboxylic acids is 2. The number of hydrogen-bond donors (Lipinski definition) is 3. The maximum atomic E-state index is 11.9. The Kier molecular flexibility index (Phi) is 5.33. The third-order valence-corrected chi connectivity index (χ3v) is 4.10. The van der Waals surface area contributed by atoms with Gasteiger partial charge in [0, 0.05) is 31.6 Å². The SMILES string of the molecule is CNC(=O)c1ccc(CNC(=O)C[C@@H]2CCC[C@H]2N)cc1. The van der Waals surface area contributed by atoms with E-state index in [4.69, 9.17) is 5.73 Å². The van der Waals surface area contributed by atoms with Crippen LogP contribution in [0.5, 0.6) is 0 Å². The highest BCUT2D eigenvalue weighted by molar-refractivity contribution is 5.93. The van der Waals surface area contributed by atoms with E-state index < -0.39 is 0 Å². The Morgan fingerprint density at radius 2 is 1.95 bits per heavy atom. The lowest BCUT2D eigenvalue weighted by molar-refractivity contribution is -0.122. The number of benzene rings is 1. The van der Waals surface area contributed by atoms with E-state index in [0.29, 0.717) is 24.4 Å². The van der Waals surface area contributed by atoms with Gasteiger partial charge in [-0.1, -0.05) is 18.6 Å². The molecule has 1 saturated carbocycles. The van der Waals surface area contributed by atoms with Gasteiger partial charge in [-0.3, -0.25) is 9.59 Å². The van der Waals surface area contributed by atoms with Crippen molar-refractivity contribution in [1.82, 2.24) is 10.6 Å². The molecule has 0 spiro atoms. The third kappa shape index (κ3) is 4.29. The van der Waals surface area contributed by atoms with Gasteiger partial charge < -0.3 is 16.4 Å². The van der Waals surface area contributed by atoms with Crippen LogP contribution in [0.3, 0.4) is 0 Å². The van der Waals surface area contributed by atoms with Crippen molar-refractivity contribution in [2.75, 3.05) is 7.05 Å². The summed E-state index contributed by atoms with van der Waals surface area (Å²) in [5.41, 5.74) is 7.57. The van der Waals surface area contributed by atoms with Crippen LogP contribution in [0.2, 0.25) is 0 Å². The molecule has 2 amide bonds. The second-order valence-electron chi connectivity index (χ2n) is 5.61. The van der Waals surface area contributed by atoms with Crippen molar-refractivity contribution in [2.24, 2.45) is 11.7 Å². The van der Waals surface area contributed by atoms with Gasteiger partial charge in [-0.05, 0) is 36.5 Å². The van der Waals surface area contributed by atoms with Crippen molar-refractivity contribution < 1.29 is 9.59 Å². The van der Waals surface area contributed by atoms with Crippen molar-refractivity contribution >= 4 is 11.8 Å². The van der Waals surface area contributed by atoms with Gasteiger partial charge in [-0.2, -0.15) is 0 Å². The molecule has 114 valence electrons. The molecule has 1 aromatic carbocycles. The Morgan fingerprint density at radius 3 is 2.52 bits per heavy atom. The average Bonchev–Trinajstić information content (AvgIpc) is 2.90. The smallest absolute Gasteiger partial charge is 0.251 e. The summed E-state index contributed by atoms with van der Waals surface area (Å²) in [6.45, 7) is 0.481. The first-order chi connectivity index (χ1) is 10.1. The summed E-state index contributed by atoms with van der Waals surface area (Å²) >= 11 is 0. The quantitative estimate of drug-likeness (QED) is 0.761. The van der Waals surface area contributed by atoms with Crippen LogP contribution < -0.4 is 16.4 Å². The molecule has 2 atom stereocenters. The van der Waals surface area contributed by atoms with Gasteiger partial charge in [0.15, 0.2) is 0 Å². The number of nitrogens with two attached hydrogens (primary N) is 1. The Labute approximate surface area is 125 Å². The lowest BCUT2D eigenvalue weighted by Gasteiger charge is -2.14. The van der Waals surface area contributed by atoms with Crippen molar-refractivity contribution in [2.45, 2.75) is 38.3 Å². The summed E-state index contributed by atoms with van der Waals surface area (Å²) in [4.78, 5) is 23.3. The molecule has 5 nitrogen and oxygen atoms in total. The molecule has 21 heavy (non-hydrogen) atoms. The van der Waals surface area contributed by atoms with Crippen LogP contribution in [0.15, 0.2) is 24.3 Å². The van der Waals surface area contributed by atoms with Crippen LogP contribution in [-0.4, -0.2) is 24.9 Å². The maximum absolute atomic E-state index is 11.9. The van der Waals surface area contributed by atoms with E-state index >= 15 is 0 Å². The minimum absolute atomic E-state index is 0.0488. The number of rotatable bonds is 5. The predicted molar refractivity (Wildman–Crippen MR) is 81.6 cm³/mol. The molecule has 2 rings (SSSR count). The van der Waals surface area contributed by atoms with E-state index in [1.807, 2.05) is 12.1 Å². The summed E-state index contributed by atoms with van der Waals surface area (Å²) in [6.07, 6.45) is 3.71. The van der Waals surface area contributed by atoms with Gasteiger partial charge in [-0.15, -0.1) is 0 Å². The standard InChI is InChI=1S/C16H23N3O2/c1-18-16(21)12-7-5-11(6-8-12)10-19-15(20)9-13-3-2-4-14(13)17/h5-8,13-14H,2-4,9-10,17H2,1H3,(H,18,21)(H,19,20)/t13-,14+/m0/s1. The molecule has 5 heteroatoms. The highest BCUT2D eigenvalue weighted by Crippen LogP contribution is 2.26. The van der Waals surface area contributed by atoms with Gasteiger partial charge in [0.25, 0.3) is 5.91 Å². The van der Waals surface area contributed by atoms with Crippen molar-refractivity contribution in [1.29, 1.82) is 0 Å². The number of amides is 2. The van der Waals surface area contributed by atoms with Crippen LogP contribution in [-0.2, 0) is 11.3 Å². The minimum atomic E-state index is -0.110. The van der Waals surface area contributed by atoms with E-state index in [-0.39, 0.29) is 17.9 Å². The number of carbonyl (C=O) groups is 2. The monoisotopic (exact) mass is 289 g/mol. The van der Waals surface area contributed by atoms with E-state index in [0.717, 1.165) is 24.8 Å². The van der Waals surface area contributed by atoms with E-state index in [9.17, 15) is 9.59 Å². The summed E-state index contributed by atoms with van der Waals surface area (Å²) < 4.78 is 0. The van der Waals surface area contributed by atoms with Crippen molar-refractivity contribution in [3.05, 3.63) is 35.4 Å². The van der Waals surface area contributed by atoms with Crippen molar-refractivity contribution in [3.8, 4) is 0 Å². The topological polar surface area (TPSA) is 84.2 Å². The Balaban J connectivity index is 1.79. The molecule has 0 unspecified atom stereocenters. The molecule has 0 aliphatic heterocycles. The van der Waals surface area contributed by atoms with Gasteiger partial charge >= 0.3 is 0 Å². The fraction of sp³-hybridized carbons (Fsp3) is 0.500. The maximum Gasteiger partial charge on any atom is 0.251 e. The minimum Gasteiger partial charge on any atom is -0.355 e. The predicted octanol–water partition coefficient (Wildman–Crippen LogP) is 1.18. The second kappa shape index (κ2) is 7.22. The molecule has 0 heterocycles. The third-order valence-electron chi connectivity index (χ3n) is 4.10. The second-order valence-corrected chi connectivity index (χ2v) is 5.61. The lowest BCUT2D eigenvalue weighted by Crippen LogP contribution is -2.31. The van der Waals surface area contributed by atoms with E-state index in [1.165, 1.54) is 0 Å².